The van der Waals surface area contributed by atoms with Crippen molar-refractivity contribution in [3.8, 4) is 5.88 Å². The minimum atomic E-state index is 0.0897. The molecule has 1 aromatic heterocycles. The van der Waals surface area contributed by atoms with E-state index in [1.807, 2.05) is 6.92 Å². The summed E-state index contributed by atoms with van der Waals surface area (Å²) in [5, 5.41) is 8.61. The lowest BCUT2D eigenvalue weighted by atomic mass is 10.5. The molecule has 0 saturated heterocycles. The van der Waals surface area contributed by atoms with Crippen molar-refractivity contribution in [3.63, 3.8) is 0 Å². The van der Waals surface area contributed by atoms with E-state index in [9.17, 15) is 0 Å². The van der Waals surface area contributed by atoms with Gasteiger partial charge in [-0.2, -0.15) is 4.98 Å². The number of nitrogen functional groups attached to an aromatic ring is 1. The average Bonchev–Trinajstić information content (AvgIpc) is 2.26. The van der Waals surface area contributed by atoms with Crippen molar-refractivity contribution in [2.24, 2.45) is 0 Å². The van der Waals surface area contributed by atoms with Crippen molar-refractivity contribution in [3.05, 3.63) is 11.9 Å². The monoisotopic (exact) mass is 227 g/mol. The Kier molecular flexibility index (Phi) is 5.52. The van der Waals surface area contributed by atoms with Gasteiger partial charge in [-0.3, -0.25) is 0 Å². The van der Waals surface area contributed by atoms with Crippen LogP contribution in [0.5, 0.6) is 5.88 Å². The first-order valence-electron chi connectivity index (χ1n) is 5.21. The lowest BCUT2D eigenvalue weighted by Gasteiger charge is -2.07. The average molecular weight is 227 g/mol. The quantitative estimate of drug-likeness (QED) is 0.653. The molecule has 1 heterocycles. The fourth-order valence-corrected chi connectivity index (χ4v) is 1.07. The minimum Gasteiger partial charge on any atom is -0.477 e. The molecule has 1 aromatic rings. The van der Waals surface area contributed by atoms with Crippen LogP contribution >= 0.6 is 0 Å². The molecule has 0 radical (unpaired) electrons. The third kappa shape index (κ3) is 4.41. The summed E-state index contributed by atoms with van der Waals surface area (Å²) in [6, 6.07) is 1.55. The second kappa shape index (κ2) is 6.97. The number of ether oxygens (including phenoxy) is 2. The van der Waals surface area contributed by atoms with Crippen LogP contribution in [0.25, 0.3) is 0 Å². The second-order valence-electron chi connectivity index (χ2n) is 3.11. The zero-order valence-corrected chi connectivity index (χ0v) is 9.35. The smallest absolute Gasteiger partial charge is 0.218 e. The Morgan fingerprint density at radius 1 is 1.44 bits per heavy atom. The van der Waals surface area contributed by atoms with Gasteiger partial charge in [0.15, 0.2) is 5.82 Å². The highest BCUT2D eigenvalue weighted by atomic mass is 16.5. The van der Waals surface area contributed by atoms with E-state index in [0.717, 1.165) is 0 Å². The number of anilines is 1. The molecule has 90 valence electrons. The fraction of sp³-hybridized carbons (Fsp3) is 0.600. The Bertz CT molecular complexity index is 320. The molecule has 0 fully saturated rings. The highest BCUT2D eigenvalue weighted by Gasteiger charge is 2.03. The molecule has 0 amide bonds. The lowest BCUT2D eigenvalue weighted by molar-refractivity contribution is 0.127. The van der Waals surface area contributed by atoms with Gasteiger partial charge in [0.05, 0.1) is 6.61 Å². The van der Waals surface area contributed by atoms with E-state index in [1.54, 1.807) is 6.07 Å². The SMILES string of the molecule is CCOCc1nc(N)cc(OCCCO)n1. The van der Waals surface area contributed by atoms with Gasteiger partial charge in [0.1, 0.15) is 12.4 Å². The van der Waals surface area contributed by atoms with Gasteiger partial charge < -0.3 is 20.3 Å². The summed E-state index contributed by atoms with van der Waals surface area (Å²) in [7, 11) is 0. The van der Waals surface area contributed by atoms with E-state index in [0.29, 0.717) is 43.8 Å². The molecule has 0 aliphatic heterocycles. The molecule has 0 unspecified atom stereocenters. The molecule has 0 atom stereocenters. The number of aliphatic hydroxyl groups excluding tert-OH is 1. The number of nitrogens with two attached hydrogens (primary N) is 1. The molecular formula is C10H17N3O3. The van der Waals surface area contributed by atoms with Crippen molar-refractivity contribution in [1.82, 2.24) is 9.97 Å². The first kappa shape index (κ1) is 12.7. The topological polar surface area (TPSA) is 90.5 Å². The maximum absolute atomic E-state index is 8.61. The normalized spacial score (nSPS) is 10.4. The number of aliphatic hydroxyl groups is 1. The number of hydrogen-bond donors (Lipinski definition) is 2. The highest BCUT2D eigenvalue weighted by Crippen LogP contribution is 2.11. The summed E-state index contributed by atoms with van der Waals surface area (Å²) in [4.78, 5) is 8.13. The van der Waals surface area contributed by atoms with Crippen molar-refractivity contribution in [1.29, 1.82) is 0 Å². The second-order valence-corrected chi connectivity index (χ2v) is 3.11. The van der Waals surface area contributed by atoms with Crippen LogP contribution in [-0.4, -0.2) is 34.9 Å². The van der Waals surface area contributed by atoms with Crippen LogP contribution in [0.4, 0.5) is 5.82 Å². The first-order chi connectivity index (χ1) is 7.76. The Hall–Kier alpha value is -1.40. The Labute approximate surface area is 94.4 Å². The van der Waals surface area contributed by atoms with Crippen molar-refractivity contribution >= 4 is 5.82 Å². The predicted octanol–water partition coefficient (Wildman–Crippen LogP) is 0.356. The van der Waals surface area contributed by atoms with Crippen LogP contribution in [0.3, 0.4) is 0 Å². The van der Waals surface area contributed by atoms with Gasteiger partial charge in [-0.05, 0) is 6.92 Å². The van der Waals surface area contributed by atoms with Crippen LogP contribution in [0.1, 0.15) is 19.2 Å². The van der Waals surface area contributed by atoms with Crippen LogP contribution in [0.2, 0.25) is 0 Å². The van der Waals surface area contributed by atoms with Gasteiger partial charge in [-0.25, -0.2) is 4.98 Å². The number of hydrogen-bond acceptors (Lipinski definition) is 6. The summed E-state index contributed by atoms with van der Waals surface area (Å²) in [6.07, 6.45) is 0.560. The Balaban J connectivity index is 2.58. The maximum atomic E-state index is 8.61. The van der Waals surface area contributed by atoms with Gasteiger partial charge >= 0.3 is 0 Å². The van der Waals surface area contributed by atoms with Gasteiger partial charge in [-0.15, -0.1) is 0 Å². The predicted molar refractivity (Wildman–Crippen MR) is 59.0 cm³/mol. The number of nitrogens with zero attached hydrogens (tertiary/aromatic N) is 2. The van der Waals surface area contributed by atoms with E-state index < -0.39 is 0 Å². The van der Waals surface area contributed by atoms with E-state index in [2.05, 4.69) is 9.97 Å². The summed E-state index contributed by atoms with van der Waals surface area (Å²) < 4.78 is 10.5. The van der Waals surface area contributed by atoms with Gasteiger partial charge in [0, 0.05) is 25.7 Å². The molecule has 1 rings (SSSR count). The van der Waals surface area contributed by atoms with Crippen LogP contribution < -0.4 is 10.5 Å². The number of aromatic nitrogens is 2. The molecule has 0 aliphatic carbocycles. The summed E-state index contributed by atoms with van der Waals surface area (Å²) in [5.74, 6) is 1.26. The molecule has 3 N–H and O–H groups in total. The Morgan fingerprint density at radius 3 is 2.94 bits per heavy atom. The van der Waals surface area contributed by atoms with Crippen molar-refractivity contribution < 1.29 is 14.6 Å². The molecular weight excluding hydrogens is 210 g/mol. The van der Waals surface area contributed by atoms with Crippen LogP contribution in [0, 0.1) is 0 Å². The zero-order valence-electron chi connectivity index (χ0n) is 9.35. The lowest BCUT2D eigenvalue weighted by Crippen LogP contribution is -2.07. The van der Waals surface area contributed by atoms with Crippen LogP contribution in [0.15, 0.2) is 6.07 Å². The first-order valence-corrected chi connectivity index (χ1v) is 5.21. The standard InChI is InChI=1S/C10H17N3O3/c1-2-15-7-9-12-8(11)6-10(13-9)16-5-3-4-14/h6,14H,2-5,7H2,1H3,(H2,11,12,13). The zero-order chi connectivity index (χ0) is 11.8. The fourth-order valence-electron chi connectivity index (χ4n) is 1.07. The third-order valence-electron chi connectivity index (χ3n) is 1.76. The molecule has 0 saturated carbocycles. The third-order valence-corrected chi connectivity index (χ3v) is 1.76. The molecule has 0 spiro atoms. The minimum absolute atomic E-state index is 0.0897. The highest BCUT2D eigenvalue weighted by molar-refractivity contribution is 5.32. The van der Waals surface area contributed by atoms with E-state index in [1.165, 1.54) is 0 Å². The molecule has 6 nitrogen and oxygen atoms in total. The van der Waals surface area contributed by atoms with Gasteiger partial charge in [0.25, 0.3) is 0 Å². The molecule has 16 heavy (non-hydrogen) atoms. The summed E-state index contributed by atoms with van der Waals surface area (Å²) in [5.41, 5.74) is 5.60. The Morgan fingerprint density at radius 2 is 2.25 bits per heavy atom. The van der Waals surface area contributed by atoms with Crippen molar-refractivity contribution in [2.75, 3.05) is 25.6 Å². The molecule has 0 aromatic carbocycles. The molecule has 0 aliphatic rings. The van der Waals surface area contributed by atoms with Gasteiger partial charge in [-0.1, -0.05) is 0 Å². The largest absolute Gasteiger partial charge is 0.477 e. The van der Waals surface area contributed by atoms with Crippen molar-refractivity contribution in [2.45, 2.75) is 20.0 Å². The summed E-state index contributed by atoms with van der Waals surface area (Å²) >= 11 is 0. The van der Waals surface area contributed by atoms with Gasteiger partial charge in [0.2, 0.25) is 5.88 Å². The van der Waals surface area contributed by atoms with E-state index in [4.69, 9.17) is 20.3 Å². The molecule has 0 bridgehead atoms. The van der Waals surface area contributed by atoms with E-state index in [-0.39, 0.29) is 6.61 Å². The van der Waals surface area contributed by atoms with E-state index >= 15 is 0 Å². The summed E-state index contributed by atoms with van der Waals surface area (Å²) in [6.45, 7) is 3.30. The van der Waals surface area contributed by atoms with Crippen LogP contribution in [-0.2, 0) is 11.3 Å². The number of rotatable bonds is 7. The maximum Gasteiger partial charge on any atom is 0.218 e. The molecule has 6 heteroatoms.